The van der Waals surface area contributed by atoms with Gasteiger partial charge in [-0.05, 0) is 29.3 Å². The van der Waals surface area contributed by atoms with E-state index in [0.717, 1.165) is 44.1 Å². The van der Waals surface area contributed by atoms with Crippen LogP contribution in [0.5, 0.6) is 0 Å². The first kappa shape index (κ1) is 16.8. The second kappa shape index (κ2) is 6.68. The number of rotatable bonds is 2. The molecule has 0 fully saturated rings. The fraction of sp³-hybridized carbons (Fsp3) is 0. The van der Waals surface area contributed by atoms with E-state index in [1.807, 2.05) is 60.7 Å². The fourth-order valence-electron chi connectivity index (χ4n) is 4.01. The highest BCUT2D eigenvalue weighted by atomic mass is 14.7. The molecule has 0 radical (unpaired) electrons. The molecule has 3 nitrogen and oxygen atoms in total. The highest BCUT2D eigenvalue weighted by Crippen LogP contribution is 2.40. The number of aromatic amines is 1. The minimum atomic E-state index is 0.480. The van der Waals surface area contributed by atoms with Gasteiger partial charge < -0.3 is 4.98 Å². The second-order valence-electron chi connectivity index (χ2n) is 6.93. The lowest BCUT2D eigenvalue weighted by Gasteiger charge is -2.14. The average molecular weight is 369 g/mol. The Morgan fingerprint density at radius 1 is 0.655 bits per heavy atom. The second-order valence-corrected chi connectivity index (χ2v) is 6.93. The Kier molecular flexibility index (Phi) is 3.87. The van der Waals surface area contributed by atoms with E-state index in [2.05, 4.69) is 35.3 Å². The van der Waals surface area contributed by atoms with E-state index >= 15 is 0 Å². The van der Waals surface area contributed by atoms with Crippen molar-refractivity contribution >= 4 is 21.8 Å². The molecule has 0 amide bonds. The summed E-state index contributed by atoms with van der Waals surface area (Å²) in [6.07, 6.45) is 0. The number of para-hydroxylation sites is 2. The van der Waals surface area contributed by atoms with Crippen LogP contribution in [-0.4, -0.2) is 4.98 Å². The van der Waals surface area contributed by atoms with Crippen molar-refractivity contribution in [3.63, 3.8) is 0 Å². The molecule has 1 N–H and O–H groups in total. The minimum Gasteiger partial charge on any atom is -0.354 e. The maximum absolute atomic E-state index is 9.91. The summed E-state index contributed by atoms with van der Waals surface area (Å²) in [5, 5.41) is 21.7. The summed E-state index contributed by atoms with van der Waals surface area (Å²) in [7, 11) is 0. The molecule has 0 atom stereocenters. The van der Waals surface area contributed by atoms with Gasteiger partial charge in [0.1, 0.15) is 0 Å². The Labute approximate surface area is 168 Å². The van der Waals surface area contributed by atoms with Gasteiger partial charge in [0.05, 0.1) is 28.8 Å². The molecule has 5 aromatic rings. The lowest BCUT2D eigenvalue weighted by molar-refractivity contribution is 1.44. The Hall–Kier alpha value is -4.34. The quantitative estimate of drug-likeness (QED) is 0.391. The van der Waals surface area contributed by atoms with Crippen LogP contribution in [0.25, 0.3) is 44.1 Å². The number of nitrogens with one attached hydrogen (secondary N) is 1. The molecule has 0 aliphatic carbocycles. The number of H-pyrrole nitrogens is 1. The zero-order valence-electron chi connectivity index (χ0n) is 15.5. The standard InChI is InChI=1S/C26H15N3/c27-15-17-13-19(16-28)25(23(14-17)18-7-2-1-3-8-18)22-11-6-10-21-20-9-4-5-12-24(20)29-26(21)22/h1-14,29H. The first-order valence-corrected chi connectivity index (χ1v) is 9.33. The highest BCUT2D eigenvalue weighted by molar-refractivity contribution is 6.13. The number of aromatic nitrogens is 1. The van der Waals surface area contributed by atoms with E-state index in [1.165, 1.54) is 0 Å². The van der Waals surface area contributed by atoms with Crippen LogP contribution in [0.4, 0.5) is 0 Å². The molecule has 4 aromatic carbocycles. The summed E-state index contributed by atoms with van der Waals surface area (Å²) in [5.41, 5.74) is 6.68. The van der Waals surface area contributed by atoms with Gasteiger partial charge in [-0.3, -0.25) is 0 Å². The number of hydrogen-bond donors (Lipinski definition) is 1. The smallest absolute Gasteiger partial charge is 0.0998 e. The predicted molar refractivity (Wildman–Crippen MR) is 116 cm³/mol. The van der Waals surface area contributed by atoms with Crippen LogP contribution >= 0.6 is 0 Å². The number of nitrogens with zero attached hydrogens (tertiary/aromatic N) is 2. The molecule has 1 aromatic heterocycles. The molecule has 0 unspecified atom stereocenters. The van der Waals surface area contributed by atoms with Crippen molar-refractivity contribution in [1.82, 2.24) is 4.98 Å². The molecule has 5 rings (SSSR count). The van der Waals surface area contributed by atoms with Gasteiger partial charge in [0.2, 0.25) is 0 Å². The monoisotopic (exact) mass is 369 g/mol. The number of benzene rings is 4. The third-order valence-electron chi connectivity index (χ3n) is 5.28. The minimum absolute atomic E-state index is 0.480. The average Bonchev–Trinajstić information content (AvgIpc) is 3.17. The van der Waals surface area contributed by atoms with Gasteiger partial charge in [-0.1, -0.05) is 66.7 Å². The van der Waals surface area contributed by atoms with E-state index in [4.69, 9.17) is 0 Å². The summed E-state index contributed by atoms with van der Waals surface area (Å²) in [6.45, 7) is 0. The molecule has 0 bridgehead atoms. The summed E-state index contributed by atoms with van der Waals surface area (Å²) >= 11 is 0. The molecule has 1 heterocycles. The zero-order valence-corrected chi connectivity index (χ0v) is 15.5. The van der Waals surface area contributed by atoms with Gasteiger partial charge in [0.25, 0.3) is 0 Å². The van der Waals surface area contributed by atoms with Crippen molar-refractivity contribution in [2.24, 2.45) is 0 Å². The van der Waals surface area contributed by atoms with Crippen LogP contribution in [-0.2, 0) is 0 Å². The van der Waals surface area contributed by atoms with Gasteiger partial charge in [-0.15, -0.1) is 0 Å². The van der Waals surface area contributed by atoms with Crippen LogP contribution in [0.2, 0.25) is 0 Å². The molecule has 29 heavy (non-hydrogen) atoms. The first-order chi connectivity index (χ1) is 14.3. The van der Waals surface area contributed by atoms with E-state index < -0.39 is 0 Å². The molecular weight excluding hydrogens is 354 g/mol. The highest BCUT2D eigenvalue weighted by Gasteiger charge is 2.18. The summed E-state index contributed by atoms with van der Waals surface area (Å²) in [5.74, 6) is 0. The lowest BCUT2D eigenvalue weighted by Crippen LogP contribution is -1.93. The summed E-state index contributed by atoms with van der Waals surface area (Å²) < 4.78 is 0. The maximum Gasteiger partial charge on any atom is 0.0998 e. The molecule has 0 aliphatic heterocycles. The molecule has 0 saturated heterocycles. The Morgan fingerprint density at radius 3 is 2.21 bits per heavy atom. The third kappa shape index (κ3) is 2.65. The fourth-order valence-corrected chi connectivity index (χ4v) is 4.01. The topological polar surface area (TPSA) is 63.4 Å². The molecule has 0 aliphatic rings. The lowest BCUT2D eigenvalue weighted by atomic mass is 9.88. The Morgan fingerprint density at radius 2 is 1.41 bits per heavy atom. The largest absolute Gasteiger partial charge is 0.354 e. The van der Waals surface area contributed by atoms with Crippen molar-refractivity contribution < 1.29 is 0 Å². The molecule has 134 valence electrons. The normalized spacial score (nSPS) is 10.7. The molecule has 3 heteroatoms. The van der Waals surface area contributed by atoms with Gasteiger partial charge >= 0.3 is 0 Å². The summed E-state index contributed by atoms with van der Waals surface area (Å²) in [6, 6.07) is 32.3. The van der Waals surface area contributed by atoms with Crippen molar-refractivity contribution in [1.29, 1.82) is 10.5 Å². The predicted octanol–water partition coefficient (Wildman–Crippen LogP) is 6.40. The van der Waals surface area contributed by atoms with Crippen LogP contribution in [0.1, 0.15) is 11.1 Å². The van der Waals surface area contributed by atoms with Crippen LogP contribution in [0, 0.1) is 22.7 Å². The third-order valence-corrected chi connectivity index (χ3v) is 5.28. The summed E-state index contributed by atoms with van der Waals surface area (Å²) in [4.78, 5) is 3.53. The van der Waals surface area contributed by atoms with Crippen molar-refractivity contribution in [3.05, 3.63) is 96.1 Å². The van der Waals surface area contributed by atoms with E-state index in [0.29, 0.717) is 11.1 Å². The van der Waals surface area contributed by atoms with Gasteiger partial charge in [0, 0.05) is 27.4 Å². The van der Waals surface area contributed by atoms with Crippen LogP contribution in [0.15, 0.2) is 84.9 Å². The van der Waals surface area contributed by atoms with Gasteiger partial charge in [-0.2, -0.15) is 10.5 Å². The molecular formula is C26H15N3. The van der Waals surface area contributed by atoms with E-state index in [9.17, 15) is 10.5 Å². The molecule has 0 spiro atoms. The zero-order chi connectivity index (χ0) is 19.8. The molecule has 0 saturated carbocycles. The van der Waals surface area contributed by atoms with Crippen molar-refractivity contribution in [2.45, 2.75) is 0 Å². The number of nitriles is 2. The maximum atomic E-state index is 9.91. The van der Waals surface area contributed by atoms with Crippen LogP contribution in [0.3, 0.4) is 0 Å². The van der Waals surface area contributed by atoms with Gasteiger partial charge in [0.15, 0.2) is 0 Å². The van der Waals surface area contributed by atoms with Crippen molar-refractivity contribution in [2.75, 3.05) is 0 Å². The number of fused-ring (bicyclic) bond motifs is 3. The van der Waals surface area contributed by atoms with Crippen molar-refractivity contribution in [3.8, 4) is 34.4 Å². The van der Waals surface area contributed by atoms with E-state index in [1.54, 1.807) is 6.07 Å². The van der Waals surface area contributed by atoms with Crippen LogP contribution < -0.4 is 0 Å². The first-order valence-electron chi connectivity index (χ1n) is 9.33. The number of hydrogen-bond acceptors (Lipinski definition) is 2. The Bertz CT molecular complexity index is 1460. The Balaban J connectivity index is 1.92. The van der Waals surface area contributed by atoms with E-state index in [-0.39, 0.29) is 0 Å². The van der Waals surface area contributed by atoms with Gasteiger partial charge in [-0.25, -0.2) is 0 Å². The SMILES string of the molecule is N#Cc1cc(C#N)c(-c2cccc3c2[nH]c2ccccc23)c(-c2ccccc2)c1.